The monoisotopic (exact) mass is 308 g/mol. The van der Waals surface area contributed by atoms with Gasteiger partial charge < -0.3 is 9.84 Å². The standard InChI is InChI=1S/C15H24N4OS/c1-6-16-10(4)14(9(2)3)15-18-13(19-20-15)7-12-8-21-11(5)17-12/h8-10,14,16H,6-7H2,1-5H3. The summed E-state index contributed by atoms with van der Waals surface area (Å²) in [6.45, 7) is 11.6. The third-order valence-corrected chi connectivity index (χ3v) is 4.38. The molecule has 0 bridgehead atoms. The maximum absolute atomic E-state index is 5.51. The van der Waals surface area contributed by atoms with Gasteiger partial charge in [0.1, 0.15) is 0 Å². The molecule has 0 aliphatic heterocycles. The van der Waals surface area contributed by atoms with Crippen molar-refractivity contribution in [3.05, 3.63) is 27.8 Å². The van der Waals surface area contributed by atoms with E-state index < -0.39 is 0 Å². The van der Waals surface area contributed by atoms with Gasteiger partial charge in [-0.3, -0.25) is 0 Å². The Balaban J connectivity index is 2.12. The molecule has 2 aromatic rings. The minimum Gasteiger partial charge on any atom is -0.339 e. The molecule has 5 nitrogen and oxygen atoms in total. The number of likely N-dealkylation sites (N-methyl/N-ethyl adjacent to an activating group) is 1. The number of nitrogens with one attached hydrogen (secondary N) is 1. The van der Waals surface area contributed by atoms with Crippen molar-refractivity contribution in [1.82, 2.24) is 20.4 Å². The van der Waals surface area contributed by atoms with E-state index in [1.165, 1.54) is 0 Å². The number of nitrogens with zero attached hydrogens (tertiary/aromatic N) is 3. The Bertz CT molecular complexity index is 564. The fourth-order valence-electron chi connectivity index (χ4n) is 2.65. The normalized spacial score (nSPS) is 14.6. The van der Waals surface area contributed by atoms with E-state index in [-0.39, 0.29) is 5.92 Å². The summed E-state index contributed by atoms with van der Waals surface area (Å²) in [5.74, 6) is 2.10. The first kappa shape index (κ1) is 16.1. The molecule has 1 N–H and O–H groups in total. The molecule has 6 heteroatoms. The van der Waals surface area contributed by atoms with Crippen molar-refractivity contribution in [2.24, 2.45) is 5.92 Å². The molecule has 0 saturated heterocycles. The molecule has 2 unspecified atom stereocenters. The van der Waals surface area contributed by atoms with Crippen LogP contribution in [0.25, 0.3) is 0 Å². The molecular formula is C15H24N4OS. The van der Waals surface area contributed by atoms with Crippen LogP contribution in [0.3, 0.4) is 0 Å². The Morgan fingerprint density at radius 2 is 2.05 bits per heavy atom. The minimum atomic E-state index is 0.225. The summed E-state index contributed by atoms with van der Waals surface area (Å²) in [5, 5.41) is 10.7. The Morgan fingerprint density at radius 1 is 1.29 bits per heavy atom. The van der Waals surface area contributed by atoms with E-state index >= 15 is 0 Å². The number of aryl methyl sites for hydroxylation is 1. The van der Waals surface area contributed by atoms with Gasteiger partial charge >= 0.3 is 0 Å². The van der Waals surface area contributed by atoms with Gasteiger partial charge in [0.25, 0.3) is 0 Å². The molecule has 116 valence electrons. The Morgan fingerprint density at radius 3 is 2.62 bits per heavy atom. The second-order valence-corrected chi connectivity index (χ2v) is 6.76. The van der Waals surface area contributed by atoms with Crippen LogP contribution in [0.4, 0.5) is 0 Å². The maximum Gasteiger partial charge on any atom is 0.231 e. The predicted molar refractivity (Wildman–Crippen MR) is 84.7 cm³/mol. The molecule has 2 aromatic heterocycles. The zero-order valence-electron chi connectivity index (χ0n) is 13.4. The molecule has 0 aliphatic carbocycles. The number of hydrogen-bond acceptors (Lipinski definition) is 6. The summed E-state index contributed by atoms with van der Waals surface area (Å²) >= 11 is 1.65. The molecule has 0 amide bonds. The van der Waals surface area contributed by atoms with Crippen molar-refractivity contribution in [2.75, 3.05) is 6.54 Å². The van der Waals surface area contributed by atoms with E-state index in [0.29, 0.717) is 24.2 Å². The zero-order chi connectivity index (χ0) is 15.4. The van der Waals surface area contributed by atoms with Crippen LogP contribution in [0.2, 0.25) is 0 Å². The van der Waals surface area contributed by atoms with Crippen LogP contribution in [-0.4, -0.2) is 27.7 Å². The van der Waals surface area contributed by atoms with Crippen LogP contribution in [0, 0.1) is 12.8 Å². The molecule has 21 heavy (non-hydrogen) atoms. The van der Waals surface area contributed by atoms with Gasteiger partial charge in [-0.15, -0.1) is 11.3 Å². The highest BCUT2D eigenvalue weighted by atomic mass is 32.1. The van der Waals surface area contributed by atoms with Gasteiger partial charge in [0.2, 0.25) is 5.89 Å². The van der Waals surface area contributed by atoms with Gasteiger partial charge in [-0.2, -0.15) is 4.98 Å². The van der Waals surface area contributed by atoms with E-state index in [2.05, 4.69) is 48.1 Å². The molecule has 0 radical (unpaired) electrons. The molecule has 0 aromatic carbocycles. The Labute approximate surface area is 130 Å². The fourth-order valence-corrected chi connectivity index (χ4v) is 3.26. The largest absolute Gasteiger partial charge is 0.339 e. The molecular weight excluding hydrogens is 284 g/mol. The van der Waals surface area contributed by atoms with Crippen molar-refractivity contribution in [3.63, 3.8) is 0 Å². The summed E-state index contributed by atoms with van der Waals surface area (Å²) in [6.07, 6.45) is 0.633. The number of thiazole rings is 1. The predicted octanol–water partition coefficient (Wildman–Crippen LogP) is 3.16. The average Bonchev–Trinajstić information content (AvgIpc) is 3.00. The zero-order valence-corrected chi connectivity index (χ0v) is 14.2. The third kappa shape index (κ3) is 4.11. The van der Waals surface area contributed by atoms with Gasteiger partial charge in [0.05, 0.1) is 23.0 Å². The summed E-state index contributed by atoms with van der Waals surface area (Å²) in [4.78, 5) is 9.03. The molecule has 0 aliphatic rings. The second-order valence-electron chi connectivity index (χ2n) is 5.70. The first-order valence-electron chi connectivity index (χ1n) is 7.48. The third-order valence-electron chi connectivity index (χ3n) is 3.56. The van der Waals surface area contributed by atoms with E-state index in [9.17, 15) is 0 Å². The Kier molecular flexibility index (Phi) is 5.47. The van der Waals surface area contributed by atoms with Crippen LogP contribution in [0.5, 0.6) is 0 Å². The topological polar surface area (TPSA) is 63.8 Å². The molecule has 2 rings (SSSR count). The minimum absolute atomic E-state index is 0.225. The summed E-state index contributed by atoms with van der Waals surface area (Å²) in [6, 6.07) is 0.310. The van der Waals surface area contributed by atoms with Crippen molar-refractivity contribution < 1.29 is 4.52 Å². The van der Waals surface area contributed by atoms with Crippen LogP contribution >= 0.6 is 11.3 Å². The van der Waals surface area contributed by atoms with Gasteiger partial charge in [-0.05, 0) is 26.3 Å². The summed E-state index contributed by atoms with van der Waals surface area (Å²) in [7, 11) is 0. The lowest BCUT2D eigenvalue weighted by Gasteiger charge is -2.24. The van der Waals surface area contributed by atoms with E-state index in [1.807, 2.05) is 12.3 Å². The highest BCUT2D eigenvalue weighted by Gasteiger charge is 2.27. The lowest BCUT2D eigenvalue weighted by atomic mass is 9.89. The summed E-state index contributed by atoms with van der Waals surface area (Å²) < 4.78 is 5.51. The van der Waals surface area contributed by atoms with E-state index in [4.69, 9.17) is 4.52 Å². The SMILES string of the molecule is CCNC(C)C(c1nc(Cc2csc(C)n2)no1)C(C)C. The lowest BCUT2D eigenvalue weighted by molar-refractivity contribution is 0.280. The smallest absolute Gasteiger partial charge is 0.231 e. The van der Waals surface area contributed by atoms with Gasteiger partial charge in [0, 0.05) is 11.4 Å². The van der Waals surface area contributed by atoms with Crippen molar-refractivity contribution in [3.8, 4) is 0 Å². The first-order valence-corrected chi connectivity index (χ1v) is 8.36. The molecule has 0 spiro atoms. The molecule has 0 fully saturated rings. The van der Waals surface area contributed by atoms with Crippen molar-refractivity contribution in [2.45, 2.75) is 53.0 Å². The van der Waals surface area contributed by atoms with Crippen molar-refractivity contribution in [1.29, 1.82) is 0 Å². The second kappa shape index (κ2) is 7.13. The highest BCUT2D eigenvalue weighted by molar-refractivity contribution is 7.09. The molecule has 2 heterocycles. The molecule has 2 atom stereocenters. The average molecular weight is 308 g/mol. The molecule has 0 saturated carbocycles. The summed E-state index contributed by atoms with van der Waals surface area (Å²) in [5.41, 5.74) is 1.01. The maximum atomic E-state index is 5.51. The van der Waals surface area contributed by atoms with Crippen LogP contribution in [-0.2, 0) is 6.42 Å². The highest BCUT2D eigenvalue weighted by Crippen LogP contribution is 2.27. The van der Waals surface area contributed by atoms with Crippen LogP contribution in [0.1, 0.15) is 56.0 Å². The van der Waals surface area contributed by atoms with E-state index in [0.717, 1.165) is 23.1 Å². The van der Waals surface area contributed by atoms with Gasteiger partial charge in [-0.1, -0.05) is 25.9 Å². The van der Waals surface area contributed by atoms with E-state index in [1.54, 1.807) is 11.3 Å². The van der Waals surface area contributed by atoms with Gasteiger partial charge in [-0.25, -0.2) is 4.98 Å². The number of rotatable bonds is 7. The van der Waals surface area contributed by atoms with Gasteiger partial charge in [0.15, 0.2) is 5.82 Å². The quantitative estimate of drug-likeness (QED) is 0.851. The number of hydrogen-bond donors (Lipinski definition) is 1. The number of aromatic nitrogens is 3. The Hall–Kier alpha value is -1.27. The van der Waals surface area contributed by atoms with Crippen molar-refractivity contribution >= 4 is 11.3 Å². The lowest BCUT2D eigenvalue weighted by Crippen LogP contribution is -2.34. The first-order chi connectivity index (χ1) is 10.0. The van der Waals surface area contributed by atoms with Crippen LogP contribution < -0.4 is 5.32 Å². The fraction of sp³-hybridized carbons (Fsp3) is 0.667. The van der Waals surface area contributed by atoms with Crippen LogP contribution in [0.15, 0.2) is 9.90 Å².